The van der Waals surface area contributed by atoms with Crippen molar-refractivity contribution < 1.29 is 14.3 Å². The van der Waals surface area contributed by atoms with Gasteiger partial charge in [-0.3, -0.25) is 9.59 Å². The first-order valence-electron chi connectivity index (χ1n) is 9.98. The van der Waals surface area contributed by atoms with E-state index >= 15 is 0 Å². The Morgan fingerprint density at radius 1 is 1.00 bits per heavy atom. The highest BCUT2D eigenvalue weighted by Crippen LogP contribution is 2.26. The molecule has 1 fully saturated rings. The van der Waals surface area contributed by atoms with Crippen LogP contribution in [-0.4, -0.2) is 50.0 Å². The average Bonchev–Trinajstić information content (AvgIpc) is 2.73. The molecule has 0 spiro atoms. The van der Waals surface area contributed by atoms with Crippen LogP contribution in [0.1, 0.15) is 31.1 Å². The van der Waals surface area contributed by atoms with Crippen molar-refractivity contribution >= 4 is 34.8 Å². The topological polar surface area (TPSA) is 61.9 Å². The Labute approximate surface area is 182 Å². The summed E-state index contributed by atoms with van der Waals surface area (Å²) in [6.45, 7) is 8.32. The summed E-state index contributed by atoms with van der Waals surface area (Å²) in [6.07, 6.45) is 0. The van der Waals surface area contributed by atoms with Gasteiger partial charge < -0.3 is 19.9 Å². The van der Waals surface area contributed by atoms with Gasteiger partial charge >= 0.3 is 0 Å². The van der Waals surface area contributed by atoms with E-state index < -0.39 is 5.41 Å². The van der Waals surface area contributed by atoms with E-state index in [2.05, 4.69) is 10.2 Å². The maximum atomic E-state index is 12.9. The number of hydrogen-bond donors (Lipinski definition) is 1. The molecule has 0 unspecified atom stereocenters. The Kier molecular flexibility index (Phi) is 6.56. The summed E-state index contributed by atoms with van der Waals surface area (Å²) in [6, 6.07) is 12.9. The molecule has 0 aliphatic carbocycles. The summed E-state index contributed by atoms with van der Waals surface area (Å²) in [5.74, 6) is 0.438. The third-order valence-corrected chi connectivity index (χ3v) is 5.37. The summed E-state index contributed by atoms with van der Waals surface area (Å²) in [7, 11) is 1.55. The molecule has 30 heavy (non-hydrogen) atoms. The van der Waals surface area contributed by atoms with Crippen molar-refractivity contribution in [3.05, 3.63) is 53.1 Å². The number of carbonyl (C=O) groups excluding carboxylic acids is 2. The molecule has 160 valence electrons. The SMILES string of the molecule is COc1ccc(Cl)cc1C(=O)N1CCN(c2ccc(NC(=O)C(C)(C)C)cc2)CC1. The number of hydrogen-bond acceptors (Lipinski definition) is 4. The Hall–Kier alpha value is -2.73. The van der Waals surface area contributed by atoms with Gasteiger partial charge in [-0.25, -0.2) is 0 Å². The summed E-state index contributed by atoms with van der Waals surface area (Å²) < 4.78 is 5.32. The molecule has 1 aliphatic heterocycles. The highest BCUT2D eigenvalue weighted by Gasteiger charge is 2.25. The van der Waals surface area contributed by atoms with Gasteiger partial charge in [0.15, 0.2) is 0 Å². The van der Waals surface area contributed by atoms with Crippen LogP contribution in [0, 0.1) is 5.41 Å². The van der Waals surface area contributed by atoms with Crippen LogP contribution in [-0.2, 0) is 4.79 Å². The third-order valence-electron chi connectivity index (χ3n) is 5.13. The number of anilines is 2. The molecule has 1 heterocycles. The fourth-order valence-electron chi connectivity index (χ4n) is 3.26. The molecule has 7 heteroatoms. The number of nitrogens with zero attached hydrogens (tertiary/aromatic N) is 2. The van der Waals surface area contributed by atoms with Crippen molar-refractivity contribution in [3.63, 3.8) is 0 Å². The first kappa shape index (κ1) is 22.0. The minimum absolute atomic E-state index is 0.0150. The molecule has 0 atom stereocenters. The van der Waals surface area contributed by atoms with Crippen LogP contribution >= 0.6 is 11.6 Å². The van der Waals surface area contributed by atoms with Crippen LogP contribution < -0.4 is 15.0 Å². The highest BCUT2D eigenvalue weighted by molar-refractivity contribution is 6.31. The number of piperazine rings is 1. The Morgan fingerprint density at radius 2 is 1.63 bits per heavy atom. The molecule has 6 nitrogen and oxygen atoms in total. The van der Waals surface area contributed by atoms with Gasteiger partial charge in [0.25, 0.3) is 5.91 Å². The van der Waals surface area contributed by atoms with E-state index in [0.717, 1.165) is 24.5 Å². The molecule has 2 amide bonds. The van der Waals surface area contributed by atoms with E-state index in [0.29, 0.717) is 29.4 Å². The molecule has 0 aromatic heterocycles. The first-order valence-corrected chi connectivity index (χ1v) is 10.4. The lowest BCUT2D eigenvalue weighted by molar-refractivity contribution is -0.123. The molecule has 1 N–H and O–H groups in total. The molecule has 1 saturated heterocycles. The van der Waals surface area contributed by atoms with Gasteiger partial charge in [-0.15, -0.1) is 0 Å². The Balaban J connectivity index is 1.61. The van der Waals surface area contributed by atoms with Crippen molar-refractivity contribution in [2.24, 2.45) is 5.41 Å². The Bertz CT molecular complexity index is 914. The monoisotopic (exact) mass is 429 g/mol. The number of rotatable bonds is 4. The molecule has 3 rings (SSSR count). The number of benzene rings is 2. The van der Waals surface area contributed by atoms with Crippen LogP contribution in [0.15, 0.2) is 42.5 Å². The summed E-state index contributed by atoms with van der Waals surface area (Å²) in [5, 5.41) is 3.45. The molecule has 1 aliphatic rings. The van der Waals surface area contributed by atoms with E-state index in [-0.39, 0.29) is 11.8 Å². The second-order valence-corrected chi connectivity index (χ2v) is 8.81. The second kappa shape index (κ2) is 8.96. The van der Waals surface area contributed by atoms with E-state index in [1.54, 1.807) is 25.3 Å². The lowest BCUT2D eigenvalue weighted by atomic mass is 9.95. The number of carbonyl (C=O) groups is 2. The minimum Gasteiger partial charge on any atom is -0.496 e. The van der Waals surface area contributed by atoms with Gasteiger partial charge in [0.05, 0.1) is 12.7 Å². The number of halogens is 1. The van der Waals surface area contributed by atoms with Gasteiger partial charge in [0.1, 0.15) is 5.75 Å². The largest absolute Gasteiger partial charge is 0.496 e. The molecule has 0 saturated carbocycles. The molecule has 0 radical (unpaired) electrons. The Morgan fingerprint density at radius 3 is 2.20 bits per heavy atom. The van der Waals surface area contributed by atoms with Gasteiger partial charge in [-0.1, -0.05) is 32.4 Å². The predicted octanol–water partition coefficient (Wildman–Crippen LogP) is 4.30. The number of ether oxygens (including phenoxy) is 1. The number of nitrogens with one attached hydrogen (secondary N) is 1. The van der Waals surface area contributed by atoms with Gasteiger partial charge in [-0.05, 0) is 42.5 Å². The number of amides is 2. The van der Waals surface area contributed by atoms with E-state index in [1.165, 1.54) is 0 Å². The predicted molar refractivity (Wildman–Crippen MR) is 121 cm³/mol. The maximum absolute atomic E-state index is 12.9. The van der Waals surface area contributed by atoms with Crippen LogP contribution in [0.4, 0.5) is 11.4 Å². The zero-order chi connectivity index (χ0) is 21.9. The maximum Gasteiger partial charge on any atom is 0.257 e. The standard InChI is InChI=1S/C23H28ClN3O3/c1-23(2,3)22(29)25-17-6-8-18(9-7-17)26-11-13-27(14-12-26)21(28)19-15-16(24)5-10-20(19)30-4/h5-10,15H,11-14H2,1-4H3,(H,25,29). The minimum atomic E-state index is -0.437. The van der Waals surface area contributed by atoms with Gasteiger partial charge in [0.2, 0.25) is 5.91 Å². The second-order valence-electron chi connectivity index (χ2n) is 8.37. The fourth-order valence-corrected chi connectivity index (χ4v) is 3.43. The summed E-state index contributed by atoms with van der Waals surface area (Å²) in [5.41, 5.74) is 1.89. The van der Waals surface area contributed by atoms with Crippen LogP contribution in [0.25, 0.3) is 0 Å². The summed E-state index contributed by atoms with van der Waals surface area (Å²) >= 11 is 6.07. The molecule has 2 aromatic rings. The van der Waals surface area contributed by atoms with Crippen molar-refractivity contribution in [1.82, 2.24) is 4.90 Å². The molecular formula is C23H28ClN3O3. The van der Waals surface area contributed by atoms with E-state index in [9.17, 15) is 9.59 Å². The van der Waals surface area contributed by atoms with Crippen LogP contribution in [0.5, 0.6) is 5.75 Å². The molecule has 0 bridgehead atoms. The zero-order valence-electron chi connectivity index (χ0n) is 17.9. The quantitative estimate of drug-likeness (QED) is 0.787. The lowest BCUT2D eigenvalue weighted by Crippen LogP contribution is -2.48. The first-order chi connectivity index (χ1) is 14.2. The van der Waals surface area contributed by atoms with Crippen molar-refractivity contribution in [3.8, 4) is 5.75 Å². The number of methoxy groups -OCH3 is 1. The molecule has 2 aromatic carbocycles. The zero-order valence-corrected chi connectivity index (χ0v) is 18.6. The van der Waals surface area contributed by atoms with Gasteiger partial charge in [-0.2, -0.15) is 0 Å². The van der Waals surface area contributed by atoms with E-state index in [1.807, 2.05) is 49.9 Å². The van der Waals surface area contributed by atoms with Crippen molar-refractivity contribution in [2.75, 3.05) is 43.5 Å². The van der Waals surface area contributed by atoms with Crippen molar-refractivity contribution in [2.45, 2.75) is 20.8 Å². The normalized spacial score (nSPS) is 14.4. The van der Waals surface area contributed by atoms with Crippen molar-refractivity contribution in [1.29, 1.82) is 0 Å². The summed E-state index contributed by atoms with van der Waals surface area (Å²) in [4.78, 5) is 29.1. The lowest BCUT2D eigenvalue weighted by Gasteiger charge is -2.36. The molecular weight excluding hydrogens is 402 g/mol. The third kappa shape index (κ3) is 5.05. The van der Waals surface area contributed by atoms with Gasteiger partial charge in [0, 0.05) is 48.0 Å². The van der Waals surface area contributed by atoms with Crippen LogP contribution in [0.2, 0.25) is 5.02 Å². The average molecular weight is 430 g/mol. The highest BCUT2D eigenvalue weighted by atomic mass is 35.5. The van der Waals surface area contributed by atoms with Crippen LogP contribution in [0.3, 0.4) is 0 Å². The van der Waals surface area contributed by atoms with E-state index in [4.69, 9.17) is 16.3 Å². The smallest absolute Gasteiger partial charge is 0.257 e. The fraction of sp³-hybridized carbons (Fsp3) is 0.391.